The Morgan fingerprint density at radius 1 is 1.19 bits per heavy atom. The molecule has 1 aromatic heterocycles. The van der Waals surface area contributed by atoms with Crippen LogP contribution in [0.4, 0.5) is 0 Å². The molecule has 6 rings (SSSR count). The summed E-state index contributed by atoms with van der Waals surface area (Å²) >= 11 is 1.69. The molecule has 2 aromatic rings. The van der Waals surface area contributed by atoms with Crippen molar-refractivity contribution in [3.05, 3.63) is 34.7 Å². The number of nitrogens with zero attached hydrogens (tertiary/aromatic N) is 1. The average Bonchev–Trinajstić information content (AvgIpc) is 3.02. The van der Waals surface area contributed by atoms with Crippen LogP contribution in [0.25, 0.3) is 10.1 Å². The fourth-order valence-corrected chi connectivity index (χ4v) is 6.48. The summed E-state index contributed by atoms with van der Waals surface area (Å²) in [5, 5.41) is 4.66. The predicted molar refractivity (Wildman–Crippen MR) is 108 cm³/mol. The summed E-state index contributed by atoms with van der Waals surface area (Å²) < 4.78 is 1.33. The molecule has 1 saturated carbocycles. The minimum atomic E-state index is 0.0601. The summed E-state index contributed by atoms with van der Waals surface area (Å²) in [7, 11) is 0. The lowest BCUT2D eigenvalue weighted by molar-refractivity contribution is -0.0377. The first kappa shape index (κ1) is 16.8. The second kappa shape index (κ2) is 6.07. The number of amides is 1. The van der Waals surface area contributed by atoms with Crippen molar-refractivity contribution in [1.29, 1.82) is 0 Å². The summed E-state index contributed by atoms with van der Waals surface area (Å²) in [5.41, 5.74) is 1.52. The van der Waals surface area contributed by atoms with Crippen LogP contribution in [-0.2, 0) is 0 Å². The van der Waals surface area contributed by atoms with E-state index in [0.29, 0.717) is 11.8 Å². The zero-order valence-corrected chi connectivity index (χ0v) is 16.6. The highest BCUT2D eigenvalue weighted by Crippen LogP contribution is 2.43. The van der Waals surface area contributed by atoms with Gasteiger partial charge in [0.2, 0.25) is 0 Å². The van der Waals surface area contributed by atoms with Crippen LogP contribution in [-0.4, -0.2) is 35.5 Å². The number of hydrogen-bond donors (Lipinski definition) is 1. The predicted octanol–water partition coefficient (Wildman–Crippen LogP) is 4.77. The molecule has 4 aliphatic rings. The lowest BCUT2D eigenvalue weighted by atomic mass is 9.72. The van der Waals surface area contributed by atoms with E-state index in [2.05, 4.69) is 48.3 Å². The quantitative estimate of drug-likeness (QED) is 0.846. The van der Waals surface area contributed by atoms with Crippen LogP contribution >= 0.6 is 11.3 Å². The molecular weight excluding hydrogens is 340 g/mol. The lowest BCUT2D eigenvalue weighted by Gasteiger charge is -2.56. The average molecular weight is 369 g/mol. The SMILES string of the molecule is CC1(C)[C@H](NC(=O)c2cc3cccc(C4CCC4)c3s2)C2CCN1CC2. The van der Waals surface area contributed by atoms with Crippen LogP contribution in [0.15, 0.2) is 24.3 Å². The summed E-state index contributed by atoms with van der Waals surface area (Å²) in [6, 6.07) is 8.94. The molecular formula is C22H28N2OS. The second-order valence-corrected chi connectivity index (χ2v) is 9.99. The number of rotatable bonds is 3. The molecule has 4 heteroatoms. The van der Waals surface area contributed by atoms with Crippen molar-refractivity contribution in [2.75, 3.05) is 13.1 Å². The van der Waals surface area contributed by atoms with Gasteiger partial charge in [0.1, 0.15) is 0 Å². The van der Waals surface area contributed by atoms with Crippen LogP contribution in [0.5, 0.6) is 0 Å². The van der Waals surface area contributed by atoms with Gasteiger partial charge in [0.05, 0.1) is 4.88 Å². The maximum Gasteiger partial charge on any atom is 0.261 e. The Morgan fingerprint density at radius 3 is 2.62 bits per heavy atom. The van der Waals surface area contributed by atoms with E-state index in [9.17, 15) is 4.79 Å². The van der Waals surface area contributed by atoms with E-state index in [4.69, 9.17) is 0 Å². The Balaban J connectivity index is 1.42. The Hall–Kier alpha value is -1.39. The van der Waals surface area contributed by atoms with Gasteiger partial charge in [-0.05, 0) is 81.5 Å². The van der Waals surface area contributed by atoms with Crippen LogP contribution < -0.4 is 5.32 Å². The molecule has 4 heterocycles. The van der Waals surface area contributed by atoms with Crippen LogP contribution in [0, 0.1) is 5.92 Å². The van der Waals surface area contributed by atoms with Gasteiger partial charge in [0, 0.05) is 16.3 Å². The Morgan fingerprint density at radius 2 is 1.96 bits per heavy atom. The molecule has 3 aliphatic heterocycles. The van der Waals surface area contributed by atoms with E-state index in [1.807, 2.05) is 0 Å². The van der Waals surface area contributed by atoms with Gasteiger partial charge in [-0.2, -0.15) is 0 Å². The van der Waals surface area contributed by atoms with Crippen molar-refractivity contribution in [2.24, 2.45) is 5.92 Å². The minimum Gasteiger partial charge on any atom is -0.346 e. The van der Waals surface area contributed by atoms with E-state index in [1.54, 1.807) is 11.3 Å². The highest BCUT2D eigenvalue weighted by molar-refractivity contribution is 7.21. The third-order valence-electron chi connectivity index (χ3n) is 7.22. The number of thiophene rings is 1. The molecule has 1 atom stereocenters. The molecule has 138 valence electrons. The van der Waals surface area contributed by atoms with Gasteiger partial charge in [-0.3, -0.25) is 9.69 Å². The summed E-state index contributed by atoms with van der Waals surface area (Å²) in [5.74, 6) is 1.45. The third kappa shape index (κ3) is 2.53. The first-order chi connectivity index (χ1) is 12.5. The molecule has 0 unspecified atom stereocenters. The highest BCUT2D eigenvalue weighted by Gasteiger charge is 2.48. The molecule has 3 saturated heterocycles. The molecule has 3 nitrogen and oxygen atoms in total. The number of piperidine rings is 3. The maximum absolute atomic E-state index is 13.1. The Bertz CT molecular complexity index is 843. The standard InChI is InChI=1S/C22H28N2OS/c1-22(2)20(15-9-11-24(22)12-10-15)23-21(25)18-13-16-7-4-8-17(19(16)26-18)14-5-3-6-14/h4,7-8,13-15,20H,3,5-6,9-12H2,1-2H3,(H,23,25)/t20-/m1/s1. The maximum atomic E-state index is 13.1. The fraction of sp³-hybridized carbons (Fsp3) is 0.591. The molecule has 1 amide bonds. The van der Waals surface area contributed by atoms with E-state index in [1.165, 1.54) is 60.8 Å². The van der Waals surface area contributed by atoms with Gasteiger partial charge in [-0.25, -0.2) is 0 Å². The van der Waals surface area contributed by atoms with Crippen molar-refractivity contribution >= 4 is 27.3 Å². The van der Waals surface area contributed by atoms with Crippen molar-refractivity contribution in [3.8, 4) is 0 Å². The number of fused-ring (bicyclic) bond motifs is 4. The van der Waals surface area contributed by atoms with Gasteiger partial charge in [0.15, 0.2) is 0 Å². The summed E-state index contributed by atoms with van der Waals surface area (Å²) in [6.45, 7) is 6.95. The second-order valence-electron chi connectivity index (χ2n) is 8.93. The van der Waals surface area contributed by atoms with E-state index in [0.717, 1.165) is 4.88 Å². The van der Waals surface area contributed by atoms with Crippen LogP contribution in [0.3, 0.4) is 0 Å². The number of nitrogens with one attached hydrogen (secondary N) is 1. The summed E-state index contributed by atoms with van der Waals surface area (Å²) in [6.07, 6.45) is 6.37. The Kier molecular flexibility index (Phi) is 3.91. The highest BCUT2D eigenvalue weighted by atomic mass is 32.1. The molecule has 1 N–H and O–H groups in total. The van der Waals surface area contributed by atoms with Crippen molar-refractivity contribution in [3.63, 3.8) is 0 Å². The molecule has 0 radical (unpaired) electrons. The molecule has 4 fully saturated rings. The topological polar surface area (TPSA) is 32.3 Å². The van der Waals surface area contributed by atoms with Gasteiger partial charge >= 0.3 is 0 Å². The number of hydrogen-bond acceptors (Lipinski definition) is 3. The molecule has 1 aromatic carbocycles. The van der Waals surface area contributed by atoms with E-state index < -0.39 is 0 Å². The smallest absolute Gasteiger partial charge is 0.261 e. The Labute approximate surface area is 159 Å². The first-order valence-corrected chi connectivity index (χ1v) is 10.9. The number of benzene rings is 1. The zero-order chi connectivity index (χ0) is 17.9. The lowest BCUT2D eigenvalue weighted by Crippen LogP contribution is -2.69. The molecule has 0 spiro atoms. The van der Waals surface area contributed by atoms with Crippen LogP contribution in [0.1, 0.15) is 67.1 Å². The fourth-order valence-electron chi connectivity index (χ4n) is 5.33. The minimum absolute atomic E-state index is 0.0601. The third-order valence-corrected chi connectivity index (χ3v) is 8.42. The number of carbonyl (C=O) groups excluding carboxylic acids is 1. The van der Waals surface area contributed by atoms with E-state index in [-0.39, 0.29) is 17.5 Å². The molecule has 26 heavy (non-hydrogen) atoms. The van der Waals surface area contributed by atoms with Gasteiger partial charge in [-0.1, -0.05) is 24.6 Å². The normalized spacial score (nSPS) is 30.3. The zero-order valence-electron chi connectivity index (χ0n) is 15.8. The van der Waals surface area contributed by atoms with Gasteiger partial charge < -0.3 is 5.32 Å². The van der Waals surface area contributed by atoms with Crippen molar-refractivity contribution in [2.45, 2.75) is 63.5 Å². The van der Waals surface area contributed by atoms with E-state index >= 15 is 0 Å². The molecule has 2 bridgehead atoms. The van der Waals surface area contributed by atoms with Gasteiger partial charge in [0.25, 0.3) is 5.91 Å². The monoisotopic (exact) mass is 368 g/mol. The summed E-state index contributed by atoms with van der Waals surface area (Å²) in [4.78, 5) is 16.5. The van der Waals surface area contributed by atoms with Crippen molar-refractivity contribution < 1.29 is 4.79 Å². The van der Waals surface area contributed by atoms with Crippen LogP contribution in [0.2, 0.25) is 0 Å². The van der Waals surface area contributed by atoms with Gasteiger partial charge in [-0.15, -0.1) is 11.3 Å². The number of carbonyl (C=O) groups is 1. The van der Waals surface area contributed by atoms with Crippen molar-refractivity contribution in [1.82, 2.24) is 10.2 Å². The molecule has 1 aliphatic carbocycles. The first-order valence-electron chi connectivity index (χ1n) is 10.1. The largest absolute Gasteiger partial charge is 0.346 e.